The Labute approximate surface area is 54.7 Å². The standard InChI is InChI=1S/Al.BH3Si.Ga.6H/c;1-2;;;;;;;/h;2H3;;;;;;;. The molecule has 0 saturated heterocycles. The number of rotatable bonds is 0. The SMILES string of the molecule is [AlH3].[B][SiH3].[GaH3]. The summed E-state index contributed by atoms with van der Waals surface area (Å²) in [5.74, 6) is 0. The van der Waals surface area contributed by atoms with E-state index >= 15 is 0 Å². The van der Waals surface area contributed by atoms with E-state index in [0.29, 0.717) is 0 Å². The van der Waals surface area contributed by atoms with E-state index < -0.39 is 0 Å². The molecule has 0 spiro atoms. The van der Waals surface area contributed by atoms with Gasteiger partial charge in [0.25, 0.3) is 0 Å². The van der Waals surface area contributed by atoms with Crippen molar-refractivity contribution in [2.75, 3.05) is 0 Å². The molecule has 0 aromatic heterocycles. The van der Waals surface area contributed by atoms with E-state index in [4.69, 9.17) is 0 Å². The second-order valence-electron chi connectivity index (χ2n) is 0. The Bertz CT molecular complexity index is 8.00. The maximum atomic E-state index is 4.64. The van der Waals surface area contributed by atoms with Crippen LogP contribution in [0.1, 0.15) is 0 Å². The molecule has 0 heterocycles. The first-order valence-electron chi connectivity index (χ1n) is 0.577. The minimum absolute atomic E-state index is 0. The van der Waals surface area contributed by atoms with Gasteiger partial charge >= 0.3 is 19.8 Å². The summed E-state index contributed by atoms with van der Waals surface area (Å²) in [6.45, 7) is 0. The van der Waals surface area contributed by atoms with Crippen LogP contribution < -0.4 is 0 Å². The third-order valence-corrected chi connectivity index (χ3v) is 0. The molecule has 0 unspecified atom stereocenters. The van der Waals surface area contributed by atoms with Gasteiger partial charge in [0, 0.05) is 7.44 Å². The minimum atomic E-state index is 0. The molecule has 0 aliphatic rings. The normalized spacial score (nSPS) is 2.00. The molecule has 0 nitrogen and oxygen atoms in total. The van der Waals surface area contributed by atoms with Crippen molar-refractivity contribution < 1.29 is 0 Å². The summed E-state index contributed by atoms with van der Waals surface area (Å²) >= 11 is 0. The molecular formula is H9AlBGaSi. The molecule has 0 aliphatic carbocycles. The Morgan fingerprint density at radius 3 is 1.25 bits per heavy atom. The predicted octanol–water partition coefficient (Wildman–Crippen LogP) is -3.93. The first kappa shape index (κ1) is 18.0. The molecule has 0 aromatic rings. The molecule has 0 atom stereocenters. The van der Waals surface area contributed by atoms with Crippen LogP contribution in [0.25, 0.3) is 0 Å². The van der Waals surface area contributed by atoms with Crippen molar-refractivity contribution >= 4 is 54.7 Å². The fourth-order valence-electron chi connectivity index (χ4n) is 0. The summed E-state index contributed by atoms with van der Waals surface area (Å²) < 4.78 is 0. The molecule has 0 aromatic carbocycles. The summed E-state index contributed by atoms with van der Waals surface area (Å²) in [6, 6.07) is 0. The Morgan fingerprint density at radius 1 is 1.25 bits per heavy atom. The fraction of sp³-hybridized carbons (Fsp3) is 0. The molecule has 0 N–H and O–H groups in total. The first-order valence-corrected chi connectivity index (χ1v) is 1.73. The van der Waals surface area contributed by atoms with Crippen LogP contribution in [0.15, 0.2) is 0 Å². The van der Waals surface area contributed by atoms with E-state index in [1.807, 2.05) is 0 Å². The maximum absolute atomic E-state index is 4.64. The predicted molar refractivity (Wildman–Crippen MR) is 35.6 cm³/mol. The summed E-state index contributed by atoms with van der Waals surface area (Å²) in [4.78, 5) is 0. The molecule has 0 fully saturated rings. The molecule has 0 aliphatic heterocycles. The van der Waals surface area contributed by atoms with Crippen molar-refractivity contribution in [1.29, 1.82) is 0 Å². The summed E-state index contributed by atoms with van der Waals surface area (Å²) in [5.41, 5.74) is 0. The third-order valence-electron chi connectivity index (χ3n) is 0. The number of hydrogen-bond acceptors (Lipinski definition) is 0. The molecule has 2 radical (unpaired) electrons. The van der Waals surface area contributed by atoms with Gasteiger partial charge in [0.2, 0.25) is 0 Å². The van der Waals surface area contributed by atoms with Gasteiger partial charge in [-0.2, -0.15) is 0 Å². The average molecular weight is 145 g/mol. The van der Waals surface area contributed by atoms with Gasteiger partial charge in [-0.05, 0) is 10.1 Å². The topological polar surface area (TPSA) is 0 Å². The monoisotopic (exact) mass is 144 g/mol. The van der Waals surface area contributed by atoms with Gasteiger partial charge in [-0.15, -0.1) is 0 Å². The van der Waals surface area contributed by atoms with E-state index in [9.17, 15) is 0 Å². The van der Waals surface area contributed by atoms with Crippen molar-refractivity contribution in [2.45, 2.75) is 0 Å². The molecule has 0 amide bonds. The van der Waals surface area contributed by atoms with Crippen LogP contribution in [0.4, 0.5) is 0 Å². The van der Waals surface area contributed by atoms with Crippen LogP contribution in [-0.4, -0.2) is 54.7 Å². The fourth-order valence-corrected chi connectivity index (χ4v) is 0. The zero-order valence-corrected chi connectivity index (χ0v) is 3.58. The average Bonchev–Trinajstić information content (AvgIpc) is 1.00. The van der Waals surface area contributed by atoms with E-state index in [2.05, 4.69) is 7.44 Å². The Morgan fingerprint density at radius 2 is 1.25 bits per heavy atom. The van der Waals surface area contributed by atoms with Gasteiger partial charge in [-0.3, -0.25) is 0 Å². The molecule has 4 heteroatoms. The molecule has 0 rings (SSSR count). The summed E-state index contributed by atoms with van der Waals surface area (Å²) in [7, 11) is 5.44. The second-order valence-corrected chi connectivity index (χ2v) is 0. The quantitative estimate of drug-likeness (QED) is 0.305. The van der Waals surface area contributed by atoms with Gasteiger partial charge in [0.05, 0.1) is 0 Å². The first-order chi connectivity index (χ1) is 1.00. The van der Waals surface area contributed by atoms with Gasteiger partial charge in [0.1, 0.15) is 0 Å². The third kappa shape index (κ3) is 9.85. The number of hydrogen-bond donors (Lipinski definition) is 0. The van der Waals surface area contributed by atoms with Crippen LogP contribution in [0, 0.1) is 0 Å². The van der Waals surface area contributed by atoms with E-state index in [-0.39, 0.29) is 37.2 Å². The summed E-state index contributed by atoms with van der Waals surface area (Å²) in [5, 5.41) is 0. The molecule has 0 saturated carbocycles. The van der Waals surface area contributed by atoms with Crippen LogP contribution in [0.5, 0.6) is 0 Å². The van der Waals surface area contributed by atoms with Gasteiger partial charge < -0.3 is 0 Å². The molecule has 0 bridgehead atoms. The Hall–Kier alpha value is 1.45. The van der Waals surface area contributed by atoms with Crippen molar-refractivity contribution in [3.8, 4) is 0 Å². The van der Waals surface area contributed by atoms with Crippen molar-refractivity contribution in [3.05, 3.63) is 0 Å². The molecular weight excluding hydrogens is 136 g/mol. The van der Waals surface area contributed by atoms with Gasteiger partial charge in [-0.1, -0.05) is 0 Å². The van der Waals surface area contributed by atoms with Crippen LogP contribution >= 0.6 is 0 Å². The van der Waals surface area contributed by atoms with Gasteiger partial charge in [0.15, 0.2) is 17.4 Å². The van der Waals surface area contributed by atoms with Crippen LogP contribution in [0.2, 0.25) is 0 Å². The van der Waals surface area contributed by atoms with E-state index in [0.717, 1.165) is 10.1 Å². The molecule has 22 valence electrons. The summed E-state index contributed by atoms with van der Waals surface area (Å²) in [6.07, 6.45) is 0. The van der Waals surface area contributed by atoms with E-state index in [1.54, 1.807) is 0 Å². The van der Waals surface area contributed by atoms with Crippen molar-refractivity contribution in [2.24, 2.45) is 0 Å². The van der Waals surface area contributed by atoms with Crippen molar-refractivity contribution in [1.82, 2.24) is 0 Å². The zero-order chi connectivity index (χ0) is 2.00. The van der Waals surface area contributed by atoms with Crippen LogP contribution in [-0.2, 0) is 0 Å². The Kier molecular flexibility index (Phi) is 113. The molecule has 4 heavy (non-hydrogen) atoms. The zero-order valence-electron chi connectivity index (χ0n) is 1.58. The van der Waals surface area contributed by atoms with Crippen LogP contribution in [0.3, 0.4) is 0 Å². The Balaban J connectivity index is -0.00000000500. The van der Waals surface area contributed by atoms with E-state index in [1.165, 1.54) is 0 Å². The second kappa shape index (κ2) is 25.2. The van der Waals surface area contributed by atoms with Gasteiger partial charge in [-0.25, -0.2) is 0 Å². The van der Waals surface area contributed by atoms with Crippen molar-refractivity contribution in [3.63, 3.8) is 0 Å².